The Balaban J connectivity index is 2.05. The van der Waals surface area contributed by atoms with E-state index in [0.717, 1.165) is 24.8 Å². The van der Waals surface area contributed by atoms with Crippen LogP contribution in [0.3, 0.4) is 0 Å². The van der Waals surface area contributed by atoms with Crippen LogP contribution in [0.4, 0.5) is 5.69 Å². The maximum absolute atomic E-state index is 11.7. The van der Waals surface area contributed by atoms with Crippen LogP contribution >= 0.6 is 0 Å². The molecule has 0 aliphatic rings. The van der Waals surface area contributed by atoms with Gasteiger partial charge >= 0.3 is 5.97 Å². The molecule has 0 fully saturated rings. The number of esters is 1. The summed E-state index contributed by atoms with van der Waals surface area (Å²) < 4.78 is 4.98. The monoisotopic (exact) mass is 304 g/mol. The fraction of sp³-hybridized carbons (Fsp3) is 0.412. The number of nitrogen functional groups attached to an aromatic ring is 1. The van der Waals surface area contributed by atoms with Gasteiger partial charge < -0.3 is 15.8 Å². The zero-order valence-electron chi connectivity index (χ0n) is 13.1. The van der Waals surface area contributed by atoms with Gasteiger partial charge in [0.05, 0.1) is 6.61 Å². The highest BCUT2D eigenvalue weighted by atomic mass is 16.5. The molecule has 1 aromatic rings. The second-order valence-corrected chi connectivity index (χ2v) is 5.25. The minimum Gasteiger partial charge on any atom is -0.462 e. The molecule has 120 valence electrons. The minimum atomic E-state index is -0.360. The Labute approximate surface area is 131 Å². The number of unbranched alkanes of at least 4 members (excludes halogenated alkanes) is 2. The van der Waals surface area contributed by atoms with Crippen molar-refractivity contribution in [2.75, 3.05) is 12.3 Å². The van der Waals surface area contributed by atoms with E-state index in [4.69, 9.17) is 10.5 Å². The average molecular weight is 304 g/mol. The molecular weight excluding hydrogens is 280 g/mol. The number of benzene rings is 1. The van der Waals surface area contributed by atoms with Gasteiger partial charge in [-0.05, 0) is 43.9 Å². The Kier molecular flexibility index (Phi) is 7.75. The van der Waals surface area contributed by atoms with Crippen LogP contribution in [0.25, 0.3) is 0 Å². The molecule has 5 heteroatoms. The summed E-state index contributed by atoms with van der Waals surface area (Å²) >= 11 is 0. The fourth-order valence-corrected chi connectivity index (χ4v) is 1.78. The molecule has 5 nitrogen and oxygen atoms in total. The number of nitrogens with two attached hydrogens (primary N) is 1. The molecule has 0 aliphatic heterocycles. The van der Waals surface area contributed by atoms with Crippen LogP contribution in [-0.2, 0) is 20.9 Å². The second kappa shape index (κ2) is 9.60. The first-order chi connectivity index (χ1) is 10.5. The molecule has 3 N–H and O–H groups in total. The minimum absolute atomic E-state index is 0.0238. The summed E-state index contributed by atoms with van der Waals surface area (Å²) in [6, 6.07) is 7.42. The Morgan fingerprint density at radius 2 is 1.86 bits per heavy atom. The van der Waals surface area contributed by atoms with E-state index < -0.39 is 0 Å². The van der Waals surface area contributed by atoms with Gasteiger partial charge in [0.1, 0.15) is 0 Å². The predicted octanol–water partition coefficient (Wildman–Crippen LogP) is 2.56. The summed E-state index contributed by atoms with van der Waals surface area (Å²) in [6.45, 7) is 6.01. The van der Waals surface area contributed by atoms with E-state index in [-0.39, 0.29) is 11.9 Å². The van der Waals surface area contributed by atoms with Crippen LogP contribution in [0.15, 0.2) is 36.4 Å². The van der Waals surface area contributed by atoms with Gasteiger partial charge in [-0.15, -0.1) is 0 Å². The largest absolute Gasteiger partial charge is 0.462 e. The van der Waals surface area contributed by atoms with Crippen LogP contribution in [0.1, 0.15) is 38.2 Å². The lowest BCUT2D eigenvalue weighted by atomic mass is 10.2. The summed E-state index contributed by atoms with van der Waals surface area (Å²) in [6.07, 6.45) is 2.85. The van der Waals surface area contributed by atoms with Crippen molar-refractivity contribution in [3.05, 3.63) is 42.0 Å². The molecule has 22 heavy (non-hydrogen) atoms. The third kappa shape index (κ3) is 7.47. The Morgan fingerprint density at radius 3 is 2.50 bits per heavy atom. The molecule has 0 saturated carbocycles. The summed E-state index contributed by atoms with van der Waals surface area (Å²) in [5.74, 6) is -0.336. The quantitative estimate of drug-likeness (QED) is 0.318. The smallest absolute Gasteiger partial charge is 0.333 e. The number of hydrogen-bond donors (Lipinski definition) is 2. The van der Waals surface area contributed by atoms with Crippen LogP contribution in [-0.4, -0.2) is 18.5 Å². The van der Waals surface area contributed by atoms with Crippen molar-refractivity contribution in [3.63, 3.8) is 0 Å². The van der Waals surface area contributed by atoms with Gasteiger partial charge in [-0.1, -0.05) is 18.7 Å². The molecule has 0 spiro atoms. The Bertz CT molecular complexity index is 509. The van der Waals surface area contributed by atoms with Gasteiger partial charge in [-0.25, -0.2) is 4.79 Å². The number of ether oxygens (including phenoxy) is 1. The van der Waals surface area contributed by atoms with Gasteiger partial charge in [0.2, 0.25) is 5.91 Å². The van der Waals surface area contributed by atoms with E-state index in [0.29, 0.717) is 30.8 Å². The third-order valence-electron chi connectivity index (χ3n) is 3.10. The van der Waals surface area contributed by atoms with Gasteiger partial charge in [-0.3, -0.25) is 4.79 Å². The molecular formula is C17H24N2O3. The maximum Gasteiger partial charge on any atom is 0.333 e. The first-order valence-electron chi connectivity index (χ1n) is 7.43. The zero-order valence-corrected chi connectivity index (χ0v) is 13.1. The van der Waals surface area contributed by atoms with E-state index in [1.54, 1.807) is 6.92 Å². The Hall–Kier alpha value is -2.30. The number of nitrogens with one attached hydrogen (secondary N) is 1. The van der Waals surface area contributed by atoms with E-state index in [1.165, 1.54) is 0 Å². The van der Waals surface area contributed by atoms with Crippen LogP contribution in [0.2, 0.25) is 0 Å². The molecule has 0 heterocycles. The summed E-state index contributed by atoms with van der Waals surface area (Å²) in [7, 11) is 0. The van der Waals surface area contributed by atoms with Crippen molar-refractivity contribution < 1.29 is 14.3 Å². The van der Waals surface area contributed by atoms with Gasteiger partial charge in [0.15, 0.2) is 0 Å². The lowest BCUT2D eigenvalue weighted by Gasteiger charge is -2.06. The predicted molar refractivity (Wildman–Crippen MR) is 86.9 cm³/mol. The molecule has 1 aromatic carbocycles. The first kappa shape index (κ1) is 17.8. The van der Waals surface area contributed by atoms with Crippen LogP contribution in [0, 0.1) is 0 Å². The lowest BCUT2D eigenvalue weighted by Crippen LogP contribution is -2.22. The third-order valence-corrected chi connectivity index (χ3v) is 3.10. The molecule has 0 radical (unpaired) electrons. The molecule has 0 atom stereocenters. The number of carbonyl (C=O) groups is 2. The topological polar surface area (TPSA) is 81.4 Å². The maximum atomic E-state index is 11.7. The zero-order chi connectivity index (χ0) is 16.4. The summed E-state index contributed by atoms with van der Waals surface area (Å²) in [4.78, 5) is 22.8. The number of hydrogen-bond acceptors (Lipinski definition) is 4. The number of anilines is 1. The number of amides is 1. The van der Waals surface area contributed by atoms with Gasteiger partial charge in [0, 0.05) is 24.2 Å². The second-order valence-electron chi connectivity index (χ2n) is 5.25. The molecule has 0 saturated heterocycles. The van der Waals surface area contributed by atoms with Crippen molar-refractivity contribution in [2.45, 2.75) is 39.2 Å². The van der Waals surface area contributed by atoms with E-state index in [1.807, 2.05) is 24.3 Å². The average Bonchev–Trinajstić information content (AvgIpc) is 2.49. The van der Waals surface area contributed by atoms with Crippen LogP contribution in [0.5, 0.6) is 0 Å². The number of rotatable bonds is 9. The highest BCUT2D eigenvalue weighted by Crippen LogP contribution is 2.06. The summed E-state index contributed by atoms with van der Waals surface area (Å²) in [5, 5.41) is 2.87. The SMILES string of the molecule is C=C(C)C(=O)OCCCCCC(=O)NCc1ccc(N)cc1. The van der Waals surface area contributed by atoms with Crippen LogP contribution < -0.4 is 11.1 Å². The molecule has 1 amide bonds. The van der Waals surface area contributed by atoms with Crippen molar-refractivity contribution >= 4 is 17.6 Å². The fourth-order valence-electron chi connectivity index (χ4n) is 1.78. The molecule has 0 aliphatic carbocycles. The molecule has 0 aromatic heterocycles. The van der Waals surface area contributed by atoms with Gasteiger partial charge in [-0.2, -0.15) is 0 Å². The van der Waals surface area contributed by atoms with Gasteiger partial charge in [0.25, 0.3) is 0 Å². The van der Waals surface area contributed by atoms with E-state index in [9.17, 15) is 9.59 Å². The van der Waals surface area contributed by atoms with Crippen molar-refractivity contribution in [3.8, 4) is 0 Å². The normalized spacial score (nSPS) is 10.0. The Morgan fingerprint density at radius 1 is 1.18 bits per heavy atom. The van der Waals surface area contributed by atoms with Crippen molar-refractivity contribution in [2.24, 2.45) is 0 Å². The van der Waals surface area contributed by atoms with Crippen molar-refractivity contribution in [1.82, 2.24) is 5.32 Å². The lowest BCUT2D eigenvalue weighted by molar-refractivity contribution is -0.139. The van der Waals surface area contributed by atoms with E-state index >= 15 is 0 Å². The molecule has 0 bridgehead atoms. The standard InChI is InChI=1S/C17H24N2O3/c1-13(2)17(21)22-11-5-3-4-6-16(20)19-12-14-7-9-15(18)10-8-14/h7-10H,1,3-6,11-12,18H2,2H3,(H,19,20). The summed E-state index contributed by atoms with van der Waals surface area (Å²) in [5.41, 5.74) is 7.74. The van der Waals surface area contributed by atoms with Crippen molar-refractivity contribution in [1.29, 1.82) is 0 Å². The number of carbonyl (C=O) groups excluding carboxylic acids is 2. The molecule has 0 unspecified atom stereocenters. The highest BCUT2D eigenvalue weighted by molar-refractivity contribution is 5.86. The highest BCUT2D eigenvalue weighted by Gasteiger charge is 2.04. The van der Waals surface area contributed by atoms with E-state index in [2.05, 4.69) is 11.9 Å². The molecule has 1 rings (SSSR count). The first-order valence-corrected chi connectivity index (χ1v) is 7.43.